The second kappa shape index (κ2) is 8.12. The lowest BCUT2D eigenvalue weighted by Crippen LogP contribution is -2.37. The van der Waals surface area contributed by atoms with Crippen molar-refractivity contribution in [2.24, 2.45) is 5.41 Å². The quantitative estimate of drug-likeness (QED) is 0.594. The fourth-order valence-electron chi connectivity index (χ4n) is 2.02. The van der Waals surface area contributed by atoms with E-state index in [1.54, 1.807) is 0 Å². The Labute approximate surface area is 96.4 Å². The molecule has 0 aliphatic carbocycles. The number of nitrogens with one attached hydrogen (secondary N) is 1. The number of nitrogens with zero attached hydrogens (tertiary/aromatic N) is 1. The molecule has 0 heterocycles. The van der Waals surface area contributed by atoms with Gasteiger partial charge in [0.05, 0.1) is 0 Å². The highest BCUT2D eigenvalue weighted by molar-refractivity contribution is 4.73. The standard InChI is InChI=1S/C13H30N2/c1-6-7-8-9-10-14-11-13(2,3)12-15(4)5/h14H,6-12H2,1-5H3. The lowest BCUT2D eigenvalue weighted by Gasteiger charge is -2.28. The Balaban J connectivity index is 3.40. The van der Waals surface area contributed by atoms with Crippen LogP contribution in [-0.4, -0.2) is 38.6 Å². The summed E-state index contributed by atoms with van der Waals surface area (Å²) in [5.41, 5.74) is 0.383. The maximum atomic E-state index is 3.56. The van der Waals surface area contributed by atoms with Crippen LogP contribution < -0.4 is 5.32 Å². The van der Waals surface area contributed by atoms with E-state index >= 15 is 0 Å². The van der Waals surface area contributed by atoms with Crippen molar-refractivity contribution in [1.29, 1.82) is 0 Å². The van der Waals surface area contributed by atoms with E-state index in [2.05, 4.69) is 45.1 Å². The van der Waals surface area contributed by atoms with Gasteiger partial charge in [0.2, 0.25) is 0 Å². The molecule has 0 aromatic heterocycles. The van der Waals surface area contributed by atoms with Crippen molar-refractivity contribution in [1.82, 2.24) is 10.2 Å². The fourth-order valence-corrected chi connectivity index (χ4v) is 2.02. The van der Waals surface area contributed by atoms with Crippen LogP contribution in [0.25, 0.3) is 0 Å². The SMILES string of the molecule is CCCCCCNCC(C)(C)CN(C)C. The Morgan fingerprint density at radius 3 is 2.27 bits per heavy atom. The van der Waals surface area contributed by atoms with Crippen LogP contribution in [0.5, 0.6) is 0 Å². The molecule has 0 aromatic rings. The summed E-state index contributed by atoms with van der Waals surface area (Å²) in [6.07, 6.45) is 5.40. The molecule has 0 spiro atoms. The first-order valence-electron chi connectivity index (χ1n) is 6.33. The van der Waals surface area contributed by atoms with Gasteiger partial charge in [0.15, 0.2) is 0 Å². The van der Waals surface area contributed by atoms with Crippen molar-refractivity contribution >= 4 is 0 Å². The van der Waals surface area contributed by atoms with Crippen molar-refractivity contribution in [3.8, 4) is 0 Å². The third-order valence-corrected chi connectivity index (χ3v) is 2.55. The minimum Gasteiger partial charge on any atom is -0.316 e. The zero-order valence-electron chi connectivity index (χ0n) is 11.4. The molecular formula is C13H30N2. The predicted molar refractivity (Wildman–Crippen MR) is 69.3 cm³/mol. The van der Waals surface area contributed by atoms with E-state index in [0.29, 0.717) is 5.41 Å². The predicted octanol–water partition coefficient (Wildman–Crippen LogP) is 2.74. The van der Waals surface area contributed by atoms with Gasteiger partial charge in [0.1, 0.15) is 0 Å². The van der Waals surface area contributed by atoms with Crippen LogP contribution in [0.15, 0.2) is 0 Å². The number of hydrogen-bond donors (Lipinski definition) is 1. The molecule has 2 nitrogen and oxygen atoms in total. The molecule has 0 saturated heterocycles. The molecular weight excluding hydrogens is 184 g/mol. The maximum absolute atomic E-state index is 3.56. The van der Waals surface area contributed by atoms with Gasteiger partial charge in [-0.2, -0.15) is 0 Å². The lowest BCUT2D eigenvalue weighted by atomic mass is 9.93. The monoisotopic (exact) mass is 214 g/mol. The summed E-state index contributed by atoms with van der Waals surface area (Å²) >= 11 is 0. The molecule has 0 unspecified atom stereocenters. The van der Waals surface area contributed by atoms with Crippen LogP contribution in [0.1, 0.15) is 46.5 Å². The molecule has 92 valence electrons. The molecule has 0 aliphatic heterocycles. The van der Waals surface area contributed by atoms with Gasteiger partial charge in [0, 0.05) is 13.1 Å². The zero-order chi connectivity index (χ0) is 11.7. The summed E-state index contributed by atoms with van der Waals surface area (Å²) in [5.74, 6) is 0. The first-order chi connectivity index (χ1) is 6.98. The van der Waals surface area contributed by atoms with E-state index in [0.717, 1.165) is 13.1 Å². The largest absolute Gasteiger partial charge is 0.316 e. The summed E-state index contributed by atoms with van der Waals surface area (Å²) in [7, 11) is 4.28. The Hall–Kier alpha value is -0.0800. The molecule has 0 aliphatic rings. The number of unbranched alkanes of at least 4 members (excludes halogenated alkanes) is 3. The van der Waals surface area contributed by atoms with E-state index in [4.69, 9.17) is 0 Å². The maximum Gasteiger partial charge on any atom is 0.00387 e. The molecule has 0 radical (unpaired) electrons. The van der Waals surface area contributed by atoms with Crippen LogP contribution in [0.2, 0.25) is 0 Å². The lowest BCUT2D eigenvalue weighted by molar-refractivity contribution is 0.232. The topological polar surface area (TPSA) is 15.3 Å². The zero-order valence-corrected chi connectivity index (χ0v) is 11.4. The second-order valence-corrected chi connectivity index (χ2v) is 5.64. The smallest absolute Gasteiger partial charge is 0.00387 e. The van der Waals surface area contributed by atoms with Crippen molar-refractivity contribution in [2.45, 2.75) is 46.5 Å². The molecule has 0 saturated carbocycles. The van der Waals surface area contributed by atoms with Gasteiger partial charge in [-0.3, -0.25) is 0 Å². The molecule has 0 aromatic carbocycles. The molecule has 2 heteroatoms. The second-order valence-electron chi connectivity index (χ2n) is 5.64. The summed E-state index contributed by atoms with van der Waals surface area (Å²) < 4.78 is 0. The summed E-state index contributed by atoms with van der Waals surface area (Å²) in [4.78, 5) is 2.26. The molecule has 15 heavy (non-hydrogen) atoms. The Kier molecular flexibility index (Phi) is 8.07. The van der Waals surface area contributed by atoms with Crippen LogP contribution >= 0.6 is 0 Å². The van der Waals surface area contributed by atoms with Crippen molar-refractivity contribution in [3.05, 3.63) is 0 Å². The average Bonchev–Trinajstić information content (AvgIpc) is 2.08. The van der Waals surface area contributed by atoms with Gasteiger partial charge in [-0.05, 0) is 32.5 Å². The van der Waals surface area contributed by atoms with Gasteiger partial charge < -0.3 is 10.2 Å². The molecule has 0 amide bonds. The first-order valence-corrected chi connectivity index (χ1v) is 6.33. The van der Waals surface area contributed by atoms with Gasteiger partial charge in [-0.25, -0.2) is 0 Å². The highest BCUT2D eigenvalue weighted by Gasteiger charge is 2.17. The number of rotatable bonds is 9. The van der Waals surface area contributed by atoms with Crippen LogP contribution in [0.4, 0.5) is 0 Å². The summed E-state index contributed by atoms with van der Waals surface area (Å²) in [5, 5.41) is 3.56. The van der Waals surface area contributed by atoms with E-state index < -0.39 is 0 Å². The summed E-state index contributed by atoms with van der Waals surface area (Å²) in [6, 6.07) is 0. The normalized spacial score (nSPS) is 12.4. The molecule has 0 atom stereocenters. The minimum atomic E-state index is 0.383. The van der Waals surface area contributed by atoms with E-state index in [1.807, 2.05) is 0 Å². The highest BCUT2D eigenvalue weighted by Crippen LogP contribution is 2.14. The van der Waals surface area contributed by atoms with Crippen molar-refractivity contribution < 1.29 is 0 Å². The third-order valence-electron chi connectivity index (χ3n) is 2.55. The van der Waals surface area contributed by atoms with E-state index in [9.17, 15) is 0 Å². The fraction of sp³-hybridized carbons (Fsp3) is 1.00. The van der Waals surface area contributed by atoms with Gasteiger partial charge in [0.25, 0.3) is 0 Å². The molecule has 0 fully saturated rings. The molecule has 0 rings (SSSR count). The molecule has 1 N–H and O–H groups in total. The molecule has 0 bridgehead atoms. The van der Waals surface area contributed by atoms with Gasteiger partial charge in [-0.15, -0.1) is 0 Å². The minimum absolute atomic E-state index is 0.383. The Bertz CT molecular complexity index is 141. The van der Waals surface area contributed by atoms with Crippen molar-refractivity contribution in [2.75, 3.05) is 33.7 Å². The van der Waals surface area contributed by atoms with Crippen LogP contribution in [0, 0.1) is 5.41 Å². The average molecular weight is 214 g/mol. The van der Waals surface area contributed by atoms with E-state index in [-0.39, 0.29) is 0 Å². The Morgan fingerprint density at radius 1 is 1.07 bits per heavy atom. The third kappa shape index (κ3) is 10.2. The van der Waals surface area contributed by atoms with E-state index in [1.165, 1.54) is 32.2 Å². The first kappa shape index (κ1) is 14.9. The Morgan fingerprint density at radius 2 is 1.73 bits per heavy atom. The highest BCUT2D eigenvalue weighted by atomic mass is 15.1. The van der Waals surface area contributed by atoms with Crippen molar-refractivity contribution in [3.63, 3.8) is 0 Å². The van der Waals surface area contributed by atoms with Crippen LogP contribution in [0.3, 0.4) is 0 Å². The van der Waals surface area contributed by atoms with Crippen LogP contribution in [-0.2, 0) is 0 Å². The number of hydrogen-bond acceptors (Lipinski definition) is 2. The van der Waals surface area contributed by atoms with Gasteiger partial charge in [-0.1, -0.05) is 40.0 Å². The van der Waals surface area contributed by atoms with Gasteiger partial charge >= 0.3 is 0 Å². The summed E-state index contributed by atoms with van der Waals surface area (Å²) in [6.45, 7) is 10.4.